The second-order valence-corrected chi connectivity index (χ2v) is 4.58. The van der Waals surface area contributed by atoms with Gasteiger partial charge in [-0.2, -0.15) is 18.3 Å². The molecule has 6 nitrogen and oxygen atoms in total. The van der Waals surface area contributed by atoms with Gasteiger partial charge in [-0.3, -0.25) is 9.48 Å². The first kappa shape index (κ1) is 16.0. The maximum absolute atomic E-state index is 12.8. The molecule has 0 saturated carbocycles. The van der Waals surface area contributed by atoms with Crippen molar-refractivity contribution in [3.8, 4) is 0 Å². The number of alkyl halides is 3. The molecule has 1 aromatic heterocycles. The van der Waals surface area contributed by atoms with Gasteiger partial charge < -0.3 is 11.1 Å². The first-order valence-corrected chi connectivity index (χ1v) is 6.42. The molecule has 0 radical (unpaired) electrons. The Balaban J connectivity index is 2.06. The SMILES string of the molecule is NCc1cc(NC(=O)CCn2cncn2)cc(C(F)(F)F)c1. The zero-order valence-electron chi connectivity index (χ0n) is 11.5. The van der Waals surface area contributed by atoms with Crippen LogP contribution in [0.15, 0.2) is 30.9 Å². The number of carbonyl (C=O) groups is 1. The summed E-state index contributed by atoms with van der Waals surface area (Å²) in [5.41, 5.74) is 4.90. The van der Waals surface area contributed by atoms with E-state index in [9.17, 15) is 18.0 Å². The highest BCUT2D eigenvalue weighted by atomic mass is 19.4. The lowest BCUT2D eigenvalue weighted by Gasteiger charge is -2.12. The highest BCUT2D eigenvalue weighted by molar-refractivity contribution is 5.90. The molecule has 0 saturated heterocycles. The van der Waals surface area contributed by atoms with Crippen LogP contribution in [0.3, 0.4) is 0 Å². The van der Waals surface area contributed by atoms with Gasteiger partial charge in [-0.15, -0.1) is 0 Å². The number of rotatable bonds is 5. The fraction of sp³-hybridized carbons (Fsp3) is 0.308. The van der Waals surface area contributed by atoms with Crippen molar-refractivity contribution in [2.24, 2.45) is 5.73 Å². The van der Waals surface area contributed by atoms with E-state index in [4.69, 9.17) is 5.73 Å². The predicted octanol–water partition coefficient (Wildman–Crippen LogP) is 1.78. The Kier molecular flexibility index (Phi) is 4.76. The number of anilines is 1. The molecule has 0 aliphatic heterocycles. The lowest BCUT2D eigenvalue weighted by Crippen LogP contribution is -2.16. The van der Waals surface area contributed by atoms with Crippen LogP contribution in [0.2, 0.25) is 0 Å². The van der Waals surface area contributed by atoms with Gasteiger partial charge in [0.15, 0.2) is 0 Å². The minimum Gasteiger partial charge on any atom is -0.326 e. The largest absolute Gasteiger partial charge is 0.416 e. The molecule has 2 rings (SSSR count). The molecule has 0 aliphatic rings. The third-order valence-electron chi connectivity index (χ3n) is 2.87. The summed E-state index contributed by atoms with van der Waals surface area (Å²) in [6.45, 7) is 0.236. The minimum atomic E-state index is -4.49. The van der Waals surface area contributed by atoms with Crippen molar-refractivity contribution >= 4 is 11.6 Å². The molecule has 0 spiro atoms. The first-order valence-electron chi connectivity index (χ1n) is 6.42. The zero-order valence-corrected chi connectivity index (χ0v) is 11.5. The molecule has 0 fully saturated rings. The number of hydrogen-bond acceptors (Lipinski definition) is 4. The quantitative estimate of drug-likeness (QED) is 0.881. The van der Waals surface area contributed by atoms with Crippen molar-refractivity contribution < 1.29 is 18.0 Å². The molecule has 1 amide bonds. The molecule has 9 heteroatoms. The minimum absolute atomic E-state index is 0.0499. The van der Waals surface area contributed by atoms with E-state index in [1.807, 2.05) is 0 Å². The number of nitrogens with two attached hydrogens (primary N) is 1. The van der Waals surface area contributed by atoms with E-state index in [1.165, 1.54) is 23.4 Å². The Morgan fingerprint density at radius 2 is 2.09 bits per heavy atom. The molecular weight excluding hydrogens is 299 g/mol. The topological polar surface area (TPSA) is 85.8 Å². The fourth-order valence-electron chi connectivity index (χ4n) is 1.83. The summed E-state index contributed by atoms with van der Waals surface area (Å²) in [5, 5.41) is 6.26. The summed E-state index contributed by atoms with van der Waals surface area (Å²) in [6, 6.07) is 3.26. The number of aromatic nitrogens is 3. The molecule has 0 atom stereocenters. The highest BCUT2D eigenvalue weighted by Crippen LogP contribution is 2.32. The van der Waals surface area contributed by atoms with E-state index in [-0.39, 0.29) is 25.2 Å². The number of halogens is 3. The molecule has 1 heterocycles. The van der Waals surface area contributed by atoms with Gasteiger partial charge in [-0.25, -0.2) is 4.98 Å². The van der Waals surface area contributed by atoms with Crippen LogP contribution in [0.5, 0.6) is 0 Å². The van der Waals surface area contributed by atoms with E-state index in [0.717, 1.165) is 12.1 Å². The van der Waals surface area contributed by atoms with Crippen LogP contribution in [-0.4, -0.2) is 20.7 Å². The second kappa shape index (κ2) is 6.56. The third-order valence-corrected chi connectivity index (χ3v) is 2.87. The maximum atomic E-state index is 12.8. The van der Waals surface area contributed by atoms with Crippen molar-refractivity contribution in [1.29, 1.82) is 0 Å². The Bertz CT molecular complexity index is 640. The van der Waals surface area contributed by atoms with Crippen molar-refractivity contribution in [3.63, 3.8) is 0 Å². The van der Waals surface area contributed by atoms with Gasteiger partial charge in [0.2, 0.25) is 5.91 Å². The van der Waals surface area contributed by atoms with Crippen LogP contribution in [0, 0.1) is 0 Å². The molecule has 1 aromatic carbocycles. The van der Waals surface area contributed by atoms with Crippen molar-refractivity contribution in [2.75, 3.05) is 5.32 Å². The molecule has 2 aromatic rings. The van der Waals surface area contributed by atoms with E-state index >= 15 is 0 Å². The maximum Gasteiger partial charge on any atom is 0.416 e. The number of aryl methyl sites for hydroxylation is 1. The molecular formula is C13H14F3N5O. The van der Waals surface area contributed by atoms with Crippen molar-refractivity contribution in [2.45, 2.75) is 25.7 Å². The zero-order chi connectivity index (χ0) is 16.2. The van der Waals surface area contributed by atoms with Crippen LogP contribution in [0.4, 0.5) is 18.9 Å². The number of carbonyl (C=O) groups excluding carboxylic acids is 1. The Hall–Kier alpha value is -2.42. The predicted molar refractivity (Wildman–Crippen MR) is 72.6 cm³/mol. The van der Waals surface area contributed by atoms with Crippen LogP contribution in [0.1, 0.15) is 17.5 Å². The number of hydrogen-bond donors (Lipinski definition) is 2. The first-order chi connectivity index (χ1) is 10.4. The van der Waals surface area contributed by atoms with Crippen molar-refractivity contribution in [3.05, 3.63) is 42.0 Å². The summed E-state index contributed by atoms with van der Waals surface area (Å²) in [6.07, 6.45) is -1.65. The number of nitrogens with zero attached hydrogens (tertiary/aromatic N) is 3. The van der Waals surface area contributed by atoms with E-state index in [2.05, 4.69) is 15.4 Å². The second-order valence-electron chi connectivity index (χ2n) is 4.58. The smallest absolute Gasteiger partial charge is 0.326 e. The Morgan fingerprint density at radius 1 is 1.32 bits per heavy atom. The van der Waals surface area contributed by atoms with E-state index < -0.39 is 17.6 Å². The van der Waals surface area contributed by atoms with Gasteiger partial charge in [-0.1, -0.05) is 0 Å². The average molecular weight is 313 g/mol. The van der Waals surface area contributed by atoms with Gasteiger partial charge in [0.05, 0.1) is 12.1 Å². The monoisotopic (exact) mass is 313 g/mol. The number of benzene rings is 1. The molecule has 3 N–H and O–H groups in total. The van der Waals surface area contributed by atoms with E-state index in [0.29, 0.717) is 5.56 Å². The number of nitrogens with one attached hydrogen (secondary N) is 1. The van der Waals surface area contributed by atoms with Crippen LogP contribution in [-0.2, 0) is 24.1 Å². The lowest BCUT2D eigenvalue weighted by molar-refractivity contribution is -0.137. The molecule has 0 unspecified atom stereocenters. The number of amides is 1. The van der Waals surface area contributed by atoms with Gasteiger partial charge in [-0.05, 0) is 23.8 Å². The summed E-state index contributed by atoms with van der Waals surface area (Å²) in [7, 11) is 0. The normalized spacial score (nSPS) is 11.5. The molecule has 0 bridgehead atoms. The Morgan fingerprint density at radius 3 is 2.68 bits per heavy atom. The van der Waals surface area contributed by atoms with Gasteiger partial charge >= 0.3 is 6.18 Å². The van der Waals surface area contributed by atoms with Crippen LogP contribution < -0.4 is 11.1 Å². The summed E-state index contributed by atoms with van der Waals surface area (Å²) >= 11 is 0. The van der Waals surface area contributed by atoms with Crippen LogP contribution >= 0.6 is 0 Å². The highest BCUT2D eigenvalue weighted by Gasteiger charge is 2.31. The summed E-state index contributed by atoms with van der Waals surface area (Å²) in [5.74, 6) is -0.419. The van der Waals surface area contributed by atoms with Crippen LogP contribution in [0.25, 0.3) is 0 Å². The fourth-order valence-corrected chi connectivity index (χ4v) is 1.83. The molecule has 0 aliphatic carbocycles. The summed E-state index contributed by atoms with van der Waals surface area (Å²) < 4.78 is 39.8. The average Bonchev–Trinajstić information content (AvgIpc) is 2.97. The lowest BCUT2D eigenvalue weighted by atomic mass is 10.1. The Labute approximate surface area is 124 Å². The van der Waals surface area contributed by atoms with Gasteiger partial charge in [0.1, 0.15) is 12.7 Å². The molecule has 118 valence electrons. The van der Waals surface area contributed by atoms with Gasteiger partial charge in [0.25, 0.3) is 0 Å². The third kappa shape index (κ3) is 4.29. The van der Waals surface area contributed by atoms with E-state index in [1.54, 1.807) is 0 Å². The van der Waals surface area contributed by atoms with Gasteiger partial charge in [0, 0.05) is 18.7 Å². The standard InChI is InChI=1S/C13H14F3N5O/c14-13(15,16)10-3-9(6-17)4-11(5-10)20-12(22)1-2-21-8-18-7-19-21/h3-5,7-8H,1-2,6,17H2,(H,20,22). The molecule has 22 heavy (non-hydrogen) atoms. The summed E-state index contributed by atoms with van der Waals surface area (Å²) in [4.78, 5) is 15.5. The van der Waals surface area contributed by atoms with Crippen molar-refractivity contribution in [1.82, 2.24) is 14.8 Å².